The Morgan fingerprint density at radius 2 is 1.82 bits per heavy atom. The highest BCUT2D eigenvalue weighted by atomic mass is 16.4. The van der Waals surface area contributed by atoms with Crippen LogP contribution in [0, 0.1) is 5.92 Å². The molecule has 2 heterocycles. The topological polar surface area (TPSA) is 43.8 Å². The molecule has 2 aliphatic rings. The van der Waals surface area contributed by atoms with E-state index in [4.69, 9.17) is 5.11 Å². The molecule has 0 aliphatic carbocycles. The quantitative estimate of drug-likeness (QED) is 0.789. The van der Waals surface area contributed by atoms with Crippen LogP contribution < -0.4 is 0 Å². The van der Waals surface area contributed by atoms with Crippen LogP contribution in [0.25, 0.3) is 0 Å². The lowest BCUT2D eigenvalue weighted by atomic mass is 9.92. The molecule has 2 saturated heterocycles. The van der Waals surface area contributed by atoms with Crippen molar-refractivity contribution in [3.63, 3.8) is 0 Å². The second kappa shape index (κ2) is 5.36. The van der Waals surface area contributed by atoms with Crippen LogP contribution in [-0.4, -0.2) is 59.6 Å². The van der Waals surface area contributed by atoms with Crippen LogP contribution in [0.1, 0.15) is 32.6 Å². The van der Waals surface area contributed by atoms with E-state index in [0.29, 0.717) is 12.1 Å². The van der Waals surface area contributed by atoms with Gasteiger partial charge in [-0.3, -0.25) is 4.79 Å². The molecule has 0 radical (unpaired) electrons. The minimum Gasteiger partial charge on any atom is -0.481 e. The van der Waals surface area contributed by atoms with Gasteiger partial charge < -0.3 is 14.9 Å². The Labute approximate surface area is 104 Å². The molecule has 98 valence electrons. The lowest BCUT2D eigenvalue weighted by Crippen LogP contribution is -2.50. The number of carboxylic acid groups (broad SMARTS) is 1. The van der Waals surface area contributed by atoms with Crippen LogP contribution in [0.4, 0.5) is 0 Å². The molecule has 2 atom stereocenters. The maximum Gasteiger partial charge on any atom is 0.306 e. The predicted octanol–water partition coefficient (Wildman–Crippen LogP) is 1.27. The van der Waals surface area contributed by atoms with Gasteiger partial charge in [0.1, 0.15) is 0 Å². The maximum absolute atomic E-state index is 10.9. The molecular weight excluding hydrogens is 216 g/mol. The largest absolute Gasteiger partial charge is 0.481 e. The van der Waals surface area contributed by atoms with Gasteiger partial charge in [-0.25, -0.2) is 0 Å². The lowest BCUT2D eigenvalue weighted by molar-refractivity contribution is -0.143. The van der Waals surface area contributed by atoms with Crippen molar-refractivity contribution in [2.45, 2.75) is 44.7 Å². The van der Waals surface area contributed by atoms with Crippen LogP contribution in [-0.2, 0) is 4.79 Å². The standard InChI is InChI=1S/C13H24N2O2/c1-10-9-12(5-6-14(10)2)15-7-3-11(4-8-15)13(16)17/h10-12H,3-9H2,1-2H3,(H,16,17). The van der Waals surface area contributed by atoms with Gasteiger partial charge in [-0.15, -0.1) is 0 Å². The van der Waals surface area contributed by atoms with Crippen molar-refractivity contribution in [1.29, 1.82) is 0 Å². The number of carboxylic acids is 1. The minimum atomic E-state index is -0.610. The fourth-order valence-electron chi connectivity index (χ4n) is 3.11. The summed E-state index contributed by atoms with van der Waals surface area (Å²) in [7, 11) is 2.19. The molecule has 0 bridgehead atoms. The first-order valence-electron chi connectivity index (χ1n) is 6.75. The molecule has 0 aromatic rings. The third kappa shape index (κ3) is 2.99. The van der Waals surface area contributed by atoms with Crippen LogP contribution >= 0.6 is 0 Å². The fraction of sp³-hybridized carbons (Fsp3) is 0.923. The van der Waals surface area contributed by atoms with Crippen molar-refractivity contribution >= 4 is 5.97 Å². The third-order valence-electron chi connectivity index (χ3n) is 4.58. The molecule has 0 spiro atoms. The number of piperidine rings is 2. The van der Waals surface area contributed by atoms with E-state index in [-0.39, 0.29) is 5.92 Å². The zero-order valence-corrected chi connectivity index (χ0v) is 10.9. The second-order valence-electron chi connectivity index (χ2n) is 5.66. The van der Waals surface area contributed by atoms with Crippen molar-refractivity contribution in [2.75, 3.05) is 26.7 Å². The number of carbonyl (C=O) groups is 1. The molecule has 1 N–H and O–H groups in total. The monoisotopic (exact) mass is 240 g/mol. The van der Waals surface area contributed by atoms with Gasteiger partial charge in [-0.1, -0.05) is 0 Å². The molecule has 4 nitrogen and oxygen atoms in total. The first-order valence-corrected chi connectivity index (χ1v) is 6.75. The Balaban J connectivity index is 1.83. The number of hydrogen-bond acceptors (Lipinski definition) is 3. The summed E-state index contributed by atoms with van der Waals surface area (Å²) in [5, 5.41) is 8.99. The Bertz CT molecular complexity index is 275. The van der Waals surface area contributed by atoms with E-state index in [1.165, 1.54) is 19.4 Å². The highest BCUT2D eigenvalue weighted by Crippen LogP contribution is 2.25. The van der Waals surface area contributed by atoms with Gasteiger partial charge in [0, 0.05) is 12.1 Å². The normalized spacial score (nSPS) is 33.8. The molecule has 2 rings (SSSR count). The van der Waals surface area contributed by atoms with Crippen LogP contribution in [0.5, 0.6) is 0 Å². The molecule has 4 heteroatoms. The van der Waals surface area contributed by atoms with Gasteiger partial charge in [0.25, 0.3) is 0 Å². The third-order valence-corrected chi connectivity index (χ3v) is 4.58. The molecule has 0 aromatic heterocycles. The highest BCUT2D eigenvalue weighted by molar-refractivity contribution is 5.70. The van der Waals surface area contributed by atoms with Crippen molar-refractivity contribution in [3.8, 4) is 0 Å². The zero-order chi connectivity index (χ0) is 12.4. The number of nitrogens with zero attached hydrogens (tertiary/aromatic N) is 2. The first kappa shape index (κ1) is 12.8. The van der Waals surface area contributed by atoms with Crippen molar-refractivity contribution in [3.05, 3.63) is 0 Å². The summed E-state index contributed by atoms with van der Waals surface area (Å²) in [5.41, 5.74) is 0. The summed E-state index contributed by atoms with van der Waals surface area (Å²) < 4.78 is 0. The van der Waals surface area contributed by atoms with Gasteiger partial charge >= 0.3 is 5.97 Å². The van der Waals surface area contributed by atoms with Crippen molar-refractivity contribution in [2.24, 2.45) is 5.92 Å². The van der Waals surface area contributed by atoms with Crippen LogP contribution in [0.3, 0.4) is 0 Å². The van der Waals surface area contributed by atoms with Gasteiger partial charge in [0.05, 0.1) is 5.92 Å². The molecule has 2 fully saturated rings. The van der Waals surface area contributed by atoms with E-state index in [1.807, 2.05) is 0 Å². The zero-order valence-electron chi connectivity index (χ0n) is 10.9. The molecule has 0 amide bonds. The Morgan fingerprint density at radius 3 is 2.35 bits per heavy atom. The van der Waals surface area contributed by atoms with E-state index < -0.39 is 5.97 Å². The molecular formula is C13H24N2O2. The summed E-state index contributed by atoms with van der Waals surface area (Å²) in [6, 6.07) is 1.34. The second-order valence-corrected chi connectivity index (χ2v) is 5.66. The molecule has 0 aromatic carbocycles. The number of rotatable bonds is 2. The van der Waals surface area contributed by atoms with Crippen LogP contribution in [0.15, 0.2) is 0 Å². The van der Waals surface area contributed by atoms with E-state index >= 15 is 0 Å². The average Bonchev–Trinajstić information content (AvgIpc) is 2.33. The first-order chi connectivity index (χ1) is 8.08. The number of likely N-dealkylation sites (tertiary alicyclic amines) is 2. The van der Waals surface area contributed by atoms with E-state index in [0.717, 1.165) is 25.9 Å². The van der Waals surface area contributed by atoms with Crippen molar-refractivity contribution < 1.29 is 9.90 Å². The minimum absolute atomic E-state index is 0.102. The van der Waals surface area contributed by atoms with Gasteiger partial charge in [0.2, 0.25) is 0 Å². The van der Waals surface area contributed by atoms with Crippen molar-refractivity contribution in [1.82, 2.24) is 9.80 Å². The summed E-state index contributed by atoms with van der Waals surface area (Å²) in [6.45, 7) is 5.40. The van der Waals surface area contributed by atoms with E-state index in [1.54, 1.807) is 0 Å². The Hall–Kier alpha value is -0.610. The van der Waals surface area contributed by atoms with Gasteiger partial charge in [-0.05, 0) is 59.3 Å². The highest BCUT2D eigenvalue weighted by Gasteiger charge is 2.31. The van der Waals surface area contributed by atoms with Gasteiger partial charge in [-0.2, -0.15) is 0 Å². The molecule has 17 heavy (non-hydrogen) atoms. The summed E-state index contributed by atoms with van der Waals surface area (Å²) in [5.74, 6) is -0.712. The predicted molar refractivity (Wildman–Crippen MR) is 67.0 cm³/mol. The summed E-state index contributed by atoms with van der Waals surface area (Å²) in [4.78, 5) is 15.8. The fourth-order valence-corrected chi connectivity index (χ4v) is 3.11. The average molecular weight is 240 g/mol. The lowest BCUT2D eigenvalue weighted by Gasteiger charge is -2.43. The maximum atomic E-state index is 10.9. The number of aliphatic carboxylic acids is 1. The SMILES string of the molecule is CC1CC(N2CCC(C(=O)O)CC2)CCN1C. The molecule has 2 aliphatic heterocycles. The van der Waals surface area contributed by atoms with E-state index in [2.05, 4.69) is 23.8 Å². The summed E-state index contributed by atoms with van der Waals surface area (Å²) in [6.07, 6.45) is 4.12. The van der Waals surface area contributed by atoms with E-state index in [9.17, 15) is 4.79 Å². The summed E-state index contributed by atoms with van der Waals surface area (Å²) >= 11 is 0. The number of hydrogen-bond donors (Lipinski definition) is 1. The Morgan fingerprint density at radius 1 is 1.18 bits per heavy atom. The van der Waals surface area contributed by atoms with Gasteiger partial charge in [0.15, 0.2) is 0 Å². The Kier molecular flexibility index (Phi) is 4.05. The smallest absolute Gasteiger partial charge is 0.306 e. The van der Waals surface area contributed by atoms with Crippen LogP contribution in [0.2, 0.25) is 0 Å². The molecule has 0 saturated carbocycles. The molecule has 2 unspecified atom stereocenters.